The average Bonchev–Trinajstić information content (AvgIpc) is 2.80. The number of unbranched alkanes of at least 4 members (excludes halogenated alkanes) is 1. The maximum absolute atomic E-state index is 12.0. The third-order valence-electron chi connectivity index (χ3n) is 4.10. The Kier molecular flexibility index (Phi) is 5.48. The van der Waals surface area contributed by atoms with E-state index in [4.69, 9.17) is 9.15 Å². The lowest BCUT2D eigenvalue weighted by molar-refractivity contribution is -0.116. The average molecular weight is 315 g/mol. The Balaban J connectivity index is 2.36. The van der Waals surface area contributed by atoms with E-state index in [9.17, 15) is 4.79 Å². The van der Waals surface area contributed by atoms with Crippen LogP contribution in [0.1, 0.15) is 43.6 Å². The van der Waals surface area contributed by atoms with Crippen LogP contribution in [-0.2, 0) is 4.79 Å². The number of rotatable bonds is 6. The summed E-state index contributed by atoms with van der Waals surface area (Å²) in [5.74, 6) is 1.54. The van der Waals surface area contributed by atoms with E-state index in [1.165, 1.54) is 0 Å². The van der Waals surface area contributed by atoms with E-state index in [0.29, 0.717) is 12.3 Å². The molecular weight excluding hydrogens is 290 g/mol. The molecule has 4 heteroatoms. The Bertz CT molecular complexity index is 741. The summed E-state index contributed by atoms with van der Waals surface area (Å²) in [7, 11) is 1.63. The number of hydrogen-bond donors (Lipinski definition) is 1. The van der Waals surface area contributed by atoms with Crippen molar-refractivity contribution in [3.8, 4) is 5.75 Å². The standard InChI is InChI=1S/C19H25NO3/c1-6-7-8-20-19(21)9-12(2)15-10-16-13(3)14(4)23-18(16)11-17(15)22-5/h9-11H,6-8H2,1-5H3,(H,20,21)/b12-9+. The number of furan rings is 1. The minimum Gasteiger partial charge on any atom is -0.496 e. The lowest BCUT2D eigenvalue weighted by Crippen LogP contribution is -2.22. The van der Waals surface area contributed by atoms with Crippen LogP contribution >= 0.6 is 0 Å². The molecule has 0 unspecified atom stereocenters. The molecule has 0 saturated heterocycles. The summed E-state index contributed by atoms with van der Waals surface area (Å²) >= 11 is 0. The van der Waals surface area contributed by atoms with Crippen molar-refractivity contribution in [1.82, 2.24) is 5.32 Å². The first-order valence-corrected chi connectivity index (χ1v) is 8.02. The van der Waals surface area contributed by atoms with Crippen LogP contribution in [0.2, 0.25) is 0 Å². The zero-order valence-electron chi connectivity index (χ0n) is 14.6. The predicted octanol–water partition coefficient (Wildman–Crippen LogP) is 4.38. The van der Waals surface area contributed by atoms with Crippen LogP contribution in [0, 0.1) is 13.8 Å². The number of benzene rings is 1. The SMILES string of the molecule is CCCCNC(=O)/C=C(\C)c1cc2c(C)c(C)oc2cc1OC. The van der Waals surface area contributed by atoms with E-state index in [2.05, 4.69) is 12.2 Å². The van der Waals surface area contributed by atoms with E-state index in [1.54, 1.807) is 13.2 Å². The summed E-state index contributed by atoms with van der Waals surface area (Å²) in [5, 5.41) is 3.95. The normalized spacial score (nSPS) is 11.8. The number of aryl methyl sites for hydroxylation is 2. The minimum atomic E-state index is -0.0711. The molecule has 0 fully saturated rings. The molecule has 0 spiro atoms. The molecule has 1 N–H and O–H groups in total. The highest BCUT2D eigenvalue weighted by molar-refractivity contribution is 5.97. The lowest BCUT2D eigenvalue weighted by atomic mass is 10.0. The van der Waals surface area contributed by atoms with Gasteiger partial charge in [-0.3, -0.25) is 4.79 Å². The molecule has 1 aromatic heterocycles. The predicted molar refractivity (Wildman–Crippen MR) is 93.8 cm³/mol. The summed E-state index contributed by atoms with van der Waals surface area (Å²) in [6.07, 6.45) is 3.68. The molecule has 1 heterocycles. The summed E-state index contributed by atoms with van der Waals surface area (Å²) < 4.78 is 11.2. The molecule has 124 valence electrons. The van der Waals surface area contributed by atoms with Gasteiger partial charge >= 0.3 is 0 Å². The molecule has 0 saturated carbocycles. The van der Waals surface area contributed by atoms with Crippen LogP contribution in [-0.4, -0.2) is 19.6 Å². The summed E-state index contributed by atoms with van der Waals surface area (Å²) in [5.41, 5.74) is 3.70. The largest absolute Gasteiger partial charge is 0.496 e. The highest BCUT2D eigenvalue weighted by Gasteiger charge is 2.14. The van der Waals surface area contributed by atoms with Crippen molar-refractivity contribution >= 4 is 22.4 Å². The molecule has 0 bridgehead atoms. The number of hydrogen-bond acceptors (Lipinski definition) is 3. The number of amides is 1. The summed E-state index contributed by atoms with van der Waals surface area (Å²) in [6, 6.07) is 3.92. The Morgan fingerprint density at radius 1 is 1.35 bits per heavy atom. The molecule has 2 rings (SSSR count). The van der Waals surface area contributed by atoms with Gasteiger partial charge in [-0.2, -0.15) is 0 Å². The van der Waals surface area contributed by atoms with Crippen LogP contribution < -0.4 is 10.1 Å². The second kappa shape index (κ2) is 7.36. The number of nitrogens with one attached hydrogen (secondary N) is 1. The molecule has 1 aromatic carbocycles. The number of allylic oxidation sites excluding steroid dienone is 1. The van der Waals surface area contributed by atoms with E-state index in [-0.39, 0.29) is 5.91 Å². The Morgan fingerprint density at radius 2 is 2.09 bits per heavy atom. The third kappa shape index (κ3) is 3.76. The highest BCUT2D eigenvalue weighted by Crippen LogP contribution is 2.34. The first-order chi connectivity index (χ1) is 11.0. The van der Waals surface area contributed by atoms with Crippen molar-refractivity contribution in [2.75, 3.05) is 13.7 Å². The topological polar surface area (TPSA) is 51.5 Å². The van der Waals surface area contributed by atoms with Crippen molar-refractivity contribution in [3.05, 3.63) is 35.1 Å². The van der Waals surface area contributed by atoms with Gasteiger partial charge in [0, 0.05) is 29.6 Å². The first-order valence-electron chi connectivity index (χ1n) is 8.02. The van der Waals surface area contributed by atoms with E-state index < -0.39 is 0 Å². The van der Waals surface area contributed by atoms with Gasteiger partial charge in [-0.25, -0.2) is 0 Å². The fourth-order valence-electron chi connectivity index (χ4n) is 2.56. The fourth-order valence-corrected chi connectivity index (χ4v) is 2.56. The fraction of sp³-hybridized carbons (Fsp3) is 0.421. The van der Waals surface area contributed by atoms with Crippen molar-refractivity contribution in [2.45, 2.75) is 40.5 Å². The molecule has 0 atom stereocenters. The van der Waals surface area contributed by atoms with Gasteiger partial charge in [-0.05, 0) is 44.4 Å². The zero-order valence-corrected chi connectivity index (χ0v) is 14.6. The van der Waals surface area contributed by atoms with Gasteiger partial charge in [0.05, 0.1) is 7.11 Å². The Morgan fingerprint density at radius 3 is 2.74 bits per heavy atom. The molecule has 1 amide bonds. The molecule has 2 aromatic rings. The van der Waals surface area contributed by atoms with Crippen LogP contribution in [0.15, 0.2) is 22.6 Å². The number of carbonyl (C=O) groups excluding carboxylic acids is 1. The maximum atomic E-state index is 12.0. The van der Waals surface area contributed by atoms with E-state index >= 15 is 0 Å². The van der Waals surface area contributed by atoms with Gasteiger partial charge in [0.1, 0.15) is 17.1 Å². The minimum absolute atomic E-state index is 0.0711. The first kappa shape index (κ1) is 17.1. The second-order valence-corrected chi connectivity index (χ2v) is 5.80. The van der Waals surface area contributed by atoms with Crippen LogP contribution in [0.5, 0.6) is 5.75 Å². The van der Waals surface area contributed by atoms with Gasteiger partial charge in [0.25, 0.3) is 0 Å². The molecule has 0 aliphatic carbocycles. The number of ether oxygens (including phenoxy) is 1. The monoisotopic (exact) mass is 315 g/mol. The van der Waals surface area contributed by atoms with E-state index in [0.717, 1.165) is 46.3 Å². The lowest BCUT2D eigenvalue weighted by Gasteiger charge is -2.09. The van der Waals surface area contributed by atoms with Gasteiger partial charge in [0.15, 0.2) is 0 Å². The van der Waals surface area contributed by atoms with Crippen molar-refractivity contribution < 1.29 is 13.9 Å². The molecular formula is C19H25NO3. The number of methoxy groups -OCH3 is 1. The van der Waals surface area contributed by atoms with Gasteiger partial charge in [0.2, 0.25) is 5.91 Å². The van der Waals surface area contributed by atoms with E-state index in [1.807, 2.05) is 32.9 Å². The molecule has 0 radical (unpaired) electrons. The Hall–Kier alpha value is -2.23. The van der Waals surface area contributed by atoms with Crippen LogP contribution in [0.25, 0.3) is 16.5 Å². The zero-order chi connectivity index (χ0) is 17.0. The number of carbonyl (C=O) groups is 1. The van der Waals surface area contributed by atoms with Gasteiger partial charge in [-0.1, -0.05) is 13.3 Å². The van der Waals surface area contributed by atoms with Gasteiger partial charge < -0.3 is 14.5 Å². The Labute approximate surface area is 137 Å². The van der Waals surface area contributed by atoms with Crippen molar-refractivity contribution in [1.29, 1.82) is 0 Å². The highest BCUT2D eigenvalue weighted by atomic mass is 16.5. The summed E-state index contributed by atoms with van der Waals surface area (Å²) in [6.45, 7) is 8.71. The van der Waals surface area contributed by atoms with Gasteiger partial charge in [-0.15, -0.1) is 0 Å². The molecule has 0 aliphatic heterocycles. The molecule has 4 nitrogen and oxygen atoms in total. The smallest absolute Gasteiger partial charge is 0.244 e. The van der Waals surface area contributed by atoms with Crippen LogP contribution in [0.3, 0.4) is 0 Å². The van der Waals surface area contributed by atoms with Crippen LogP contribution in [0.4, 0.5) is 0 Å². The van der Waals surface area contributed by atoms with Crippen molar-refractivity contribution in [2.24, 2.45) is 0 Å². The summed E-state index contributed by atoms with van der Waals surface area (Å²) in [4.78, 5) is 12.0. The second-order valence-electron chi connectivity index (χ2n) is 5.80. The van der Waals surface area contributed by atoms with Crippen molar-refractivity contribution in [3.63, 3.8) is 0 Å². The number of fused-ring (bicyclic) bond motifs is 1. The third-order valence-corrected chi connectivity index (χ3v) is 4.10. The maximum Gasteiger partial charge on any atom is 0.244 e. The molecule has 0 aliphatic rings. The quantitative estimate of drug-likeness (QED) is 0.636. The molecule has 23 heavy (non-hydrogen) atoms.